The van der Waals surface area contributed by atoms with Crippen molar-refractivity contribution < 1.29 is 14.3 Å². The molecule has 0 aromatic rings. The van der Waals surface area contributed by atoms with Crippen LogP contribution in [0.4, 0.5) is 4.79 Å². The van der Waals surface area contributed by atoms with Crippen LogP contribution in [0.3, 0.4) is 0 Å². The highest BCUT2D eigenvalue weighted by Crippen LogP contribution is 2.16. The van der Waals surface area contributed by atoms with Gasteiger partial charge < -0.3 is 14.4 Å². The second kappa shape index (κ2) is 8.35. The minimum absolute atomic E-state index is 0.00371. The molecule has 1 unspecified atom stereocenters. The molecule has 1 aliphatic rings. The van der Waals surface area contributed by atoms with Gasteiger partial charge in [0.1, 0.15) is 6.10 Å². The molecule has 1 fully saturated rings. The molecule has 0 saturated carbocycles. The lowest BCUT2D eigenvalue weighted by molar-refractivity contribution is 0.00581. The first kappa shape index (κ1) is 15.3. The second-order valence-corrected chi connectivity index (χ2v) is 5.02. The summed E-state index contributed by atoms with van der Waals surface area (Å²) in [6, 6.07) is 0. The van der Waals surface area contributed by atoms with Crippen molar-refractivity contribution in [1.82, 2.24) is 4.90 Å². The van der Waals surface area contributed by atoms with E-state index in [4.69, 9.17) is 9.47 Å². The molecule has 0 spiro atoms. The fourth-order valence-corrected chi connectivity index (χ4v) is 2.39. The van der Waals surface area contributed by atoms with E-state index in [2.05, 4.69) is 11.8 Å². The highest BCUT2D eigenvalue weighted by Gasteiger charge is 2.21. The molecule has 0 aromatic heterocycles. The molecule has 4 heteroatoms. The van der Waals surface area contributed by atoms with Crippen LogP contribution in [-0.4, -0.2) is 43.4 Å². The number of piperidine rings is 1. The number of nitrogens with zero attached hydrogens (tertiary/aromatic N) is 1. The average molecular weight is 257 g/mol. The van der Waals surface area contributed by atoms with Gasteiger partial charge in [-0.25, -0.2) is 4.79 Å². The van der Waals surface area contributed by atoms with Crippen molar-refractivity contribution in [3.05, 3.63) is 0 Å². The lowest BCUT2D eigenvalue weighted by Crippen LogP contribution is -2.37. The molecule has 18 heavy (non-hydrogen) atoms. The van der Waals surface area contributed by atoms with Gasteiger partial charge in [-0.15, -0.1) is 0 Å². The molecule has 106 valence electrons. The van der Waals surface area contributed by atoms with Crippen molar-refractivity contribution in [2.75, 3.05) is 26.2 Å². The first-order chi connectivity index (χ1) is 8.69. The Balaban J connectivity index is 2.21. The normalized spacial score (nSPS) is 21.0. The minimum atomic E-state index is -0.502. The quantitative estimate of drug-likeness (QED) is 0.686. The summed E-state index contributed by atoms with van der Waals surface area (Å²) in [5.74, 6) is 0.466. The van der Waals surface area contributed by atoms with Gasteiger partial charge in [-0.1, -0.05) is 20.8 Å². The molecule has 1 rings (SSSR count). The van der Waals surface area contributed by atoms with Crippen molar-refractivity contribution in [3.8, 4) is 0 Å². The Hall–Kier alpha value is -0.770. The molecule has 1 aliphatic heterocycles. The van der Waals surface area contributed by atoms with Crippen molar-refractivity contribution in [2.24, 2.45) is 5.92 Å². The lowest BCUT2D eigenvalue weighted by Gasteiger charge is -2.31. The fraction of sp³-hybridized carbons (Fsp3) is 0.929. The first-order valence-corrected chi connectivity index (χ1v) is 7.25. The number of rotatable bonds is 6. The van der Waals surface area contributed by atoms with Crippen LogP contribution < -0.4 is 0 Å². The van der Waals surface area contributed by atoms with E-state index in [0.29, 0.717) is 12.5 Å². The predicted octanol–water partition coefficient (Wildman–Crippen LogP) is 3.06. The Morgan fingerprint density at radius 1 is 1.33 bits per heavy atom. The van der Waals surface area contributed by atoms with Crippen molar-refractivity contribution >= 4 is 6.16 Å². The monoisotopic (exact) mass is 257 g/mol. The maximum Gasteiger partial charge on any atom is 0.508 e. The molecular weight excluding hydrogens is 230 g/mol. The summed E-state index contributed by atoms with van der Waals surface area (Å²) in [5, 5.41) is 0. The summed E-state index contributed by atoms with van der Waals surface area (Å²) in [7, 11) is 0. The molecule has 1 heterocycles. The van der Waals surface area contributed by atoms with E-state index in [1.54, 1.807) is 0 Å². The minimum Gasteiger partial charge on any atom is -0.434 e. The highest BCUT2D eigenvalue weighted by molar-refractivity contribution is 5.60. The second-order valence-electron chi connectivity index (χ2n) is 5.02. The van der Waals surface area contributed by atoms with E-state index in [-0.39, 0.29) is 6.10 Å². The third-order valence-corrected chi connectivity index (χ3v) is 3.66. The number of likely N-dealkylation sites (tertiary alicyclic amines) is 1. The zero-order chi connectivity index (χ0) is 13.4. The Morgan fingerprint density at radius 3 is 2.67 bits per heavy atom. The smallest absolute Gasteiger partial charge is 0.434 e. The summed E-state index contributed by atoms with van der Waals surface area (Å²) in [6.07, 6.45) is 3.53. The molecule has 0 amide bonds. The van der Waals surface area contributed by atoms with Gasteiger partial charge in [0.2, 0.25) is 0 Å². The molecule has 0 radical (unpaired) electrons. The third-order valence-electron chi connectivity index (χ3n) is 3.66. The molecule has 4 nitrogen and oxygen atoms in total. The third kappa shape index (κ3) is 5.25. The van der Waals surface area contributed by atoms with Crippen LogP contribution >= 0.6 is 0 Å². The highest BCUT2D eigenvalue weighted by atomic mass is 16.7. The van der Waals surface area contributed by atoms with Crippen LogP contribution in [-0.2, 0) is 9.47 Å². The fourth-order valence-electron chi connectivity index (χ4n) is 2.39. The van der Waals surface area contributed by atoms with Crippen LogP contribution in [0.5, 0.6) is 0 Å². The molecule has 0 N–H and O–H groups in total. The van der Waals surface area contributed by atoms with E-state index in [0.717, 1.165) is 32.4 Å². The molecule has 0 aliphatic carbocycles. The standard InChI is InChI=1S/C14H27NO3/c1-4-13(5-2)18-14(16)17-11-12-8-7-9-15(6-3)10-12/h12-13H,4-11H2,1-3H3. The van der Waals surface area contributed by atoms with E-state index >= 15 is 0 Å². The largest absolute Gasteiger partial charge is 0.508 e. The van der Waals surface area contributed by atoms with Gasteiger partial charge in [0.15, 0.2) is 0 Å². The number of carbonyl (C=O) groups is 1. The van der Waals surface area contributed by atoms with Crippen LogP contribution in [0.1, 0.15) is 46.5 Å². The summed E-state index contributed by atoms with van der Waals surface area (Å²) >= 11 is 0. The van der Waals surface area contributed by atoms with Crippen molar-refractivity contribution in [2.45, 2.75) is 52.6 Å². The van der Waals surface area contributed by atoms with Gasteiger partial charge in [0, 0.05) is 12.5 Å². The summed E-state index contributed by atoms with van der Waals surface area (Å²) in [5.41, 5.74) is 0. The van der Waals surface area contributed by atoms with Gasteiger partial charge in [-0.3, -0.25) is 0 Å². The summed E-state index contributed by atoms with van der Waals surface area (Å²) in [4.78, 5) is 13.9. The molecule has 1 saturated heterocycles. The van der Waals surface area contributed by atoms with Gasteiger partial charge >= 0.3 is 6.16 Å². The maximum absolute atomic E-state index is 11.5. The lowest BCUT2D eigenvalue weighted by atomic mass is 9.99. The first-order valence-electron chi connectivity index (χ1n) is 7.25. The van der Waals surface area contributed by atoms with Crippen LogP contribution in [0.15, 0.2) is 0 Å². The predicted molar refractivity (Wildman–Crippen MR) is 71.6 cm³/mol. The summed E-state index contributed by atoms with van der Waals surface area (Å²) < 4.78 is 10.4. The average Bonchev–Trinajstić information content (AvgIpc) is 2.42. The van der Waals surface area contributed by atoms with Crippen LogP contribution in [0.2, 0.25) is 0 Å². The SMILES string of the molecule is CCC(CC)OC(=O)OCC1CCCN(CC)C1. The van der Waals surface area contributed by atoms with Crippen LogP contribution in [0.25, 0.3) is 0 Å². The number of carbonyl (C=O) groups excluding carboxylic acids is 1. The van der Waals surface area contributed by atoms with E-state index in [9.17, 15) is 4.79 Å². The van der Waals surface area contributed by atoms with Gasteiger partial charge in [-0.2, -0.15) is 0 Å². The zero-order valence-corrected chi connectivity index (χ0v) is 12.0. The van der Waals surface area contributed by atoms with Crippen molar-refractivity contribution in [1.29, 1.82) is 0 Å². The van der Waals surface area contributed by atoms with Gasteiger partial charge in [-0.05, 0) is 38.8 Å². The number of hydrogen-bond donors (Lipinski definition) is 0. The van der Waals surface area contributed by atoms with Crippen molar-refractivity contribution in [3.63, 3.8) is 0 Å². The van der Waals surface area contributed by atoms with E-state index in [1.165, 1.54) is 13.0 Å². The molecular formula is C14H27NO3. The Bertz CT molecular complexity index is 241. The number of ether oxygens (including phenoxy) is 2. The van der Waals surface area contributed by atoms with Gasteiger partial charge in [0.25, 0.3) is 0 Å². The summed E-state index contributed by atoms with van der Waals surface area (Å²) in [6.45, 7) is 9.98. The van der Waals surface area contributed by atoms with Gasteiger partial charge in [0.05, 0.1) is 6.61 Å². The Labute approximate surface area is 111 Å². The molecule has 1 atom stereocenters. The topological polar surface area (TPSA) is 38.8 Å². The zero-order valence-electron chi connectivity index (χ0n) is 12.0. The number of hydrogen-bond acceptors (Lipinski definition) is 4. The van der Waals surface area contributed by atoms with E-state index in [1.807, 2.05) is 13.8 Å². The molecule has 0 aromatic carbocycles. The van der Waals surface area contributed by atoms with E-state index < -0.39 is 6.16 Å². The Morgan fingerprint density at radius 2 is 2.06 bits per heavy atom. The molecule has 0 bridgehead atoms. The maximum atomic E-state index is 11.5. The Kier molecular flexibility index (Phi) is 7.09. The van der Waals surface area contributed by atoms with Crippen LogP contribution in [0, 0.1) is 5.92 Å².